The van der Waals surface area contributed by atoms with Crippen LogP contribution in [0.5, 0.6) is 0 Å². The molecule has 0 aliphatic heterocycles. The van der Waals surface area contributed by atoms with Gasteiger partial charge in [0, 0.05) is 11.6 Å². The standard InChI is InChI=1S/C17H19FN2O2/c1-16(2,3)22-15(21)20-9-13(17(4,5)10-19)12-7-6-11(18)8-14(12)20/h6-9H,1-5H3. The average Bonchev–Trinajstić information content (AvgIpc) is 2.76. The minimum atomic E-state index is -0.802. The van der Waals surface area contributed by atoms with Gasteiger partial charge in [-0.1, -0.05) is 0 Å². The van der Waals surface area contributed by atoms with E-state index in [4.69, 9.17) is 4.74 Å². The Morgan fingerprint density at radius 2 is 1.91 bits per heavy atom. The van der Waals surface area contributed by atoms with Crippen molar-refractivity contribution in [2.24, 2.45) is 0 Å². The van der Waals surface area contributed by atoms with E-state index in [0.29, 0.717) is 16.5 Å². The van der Waals surface area contributed by atoms with Gasteiger partial charge in [0.2, 0.25) is 0 Å². The van der Waals surface area contributed by atoms with E-state index in [0.717, 1.165) is 0 Å². The van der Waals surface area contributed by atoms with Crippen LogP contribution < -0.4 is 0 Å². The van der Waals surface area contributed by atoms with Crippen LogP contribution in [0.25, 0.3) is 10.9 Å². The lowest BCUT2D eigenvalue weighted by Gasteiger charge is -2.19. The minimum Gasteiger partial charge on any atom is -0.443 e. The first kappa shape index (κ1) is 16.0. The number of carbonyl (C=O) groups is 1. The number of ether oxygens (including phenoxy) is 1. The lowest BCUT2D eigenvalue weighted by Crippen LogP contribution is -2.26. The molecule has 0 bridgehead atoms. The maximum Gasteiger partial charge on any atom is 0.419 e. The van der Waals surface area contributed by atoms with Crippen LogP contribution in [0, 0.1) is 17.1 Å². The quantitative estimate of drug-likeness (QED) is 0.786. The van der Waals surface area contributed by atoms with Crippen LogP contribution in [0.4, 0.5) is 9.18 Å². The third kappa shape index (κ3) is 2.96. The third-order valence-corrected chi connectivity index (χ3v) is 3.31. The Labute approximate surface area is 129 Å². The van der Waals surface area contributed by atoms with Gasteiger partial charge in [-0.15, -0.1) is 0 Å². The molecule has 0 fully saturated rings. The number of nitriles is 1. The maximum atomic E-state index is 13.6. The molecule has 0 aliphatic rings. The normalized spacial score (nSPS) is 12.2. The Kier molecular flexibility index (Phi) is 3.74. The molecule has 4 nitrogen and oxygen atoms in total. The first-order valence-corrected chi connectivity index (χ1v) is 7.01. The molecule has 2 rings (SSSR count). The van der Waals surface area contributed by atoms with Crippen molar-refractivity contribution in [2.75, 3.05) is 0 Å². The van der Waals surface area contributed by atoms with E-state index < -0.39 is 22.9 Å². The summed E-state index contributed by atoms with van der Waals surface area (Å²) in [5, 5.41) is 10.0. The van der Waals surface area contributed by atoms with Gasteiger partial charge >= 0.3 is 6.09 Å². The summed E-state index contributed by atoms with van der Waals surface area (Å²) in [6, 6.07) is 6.38. The molecule has 0 saturated heterocycles. The van der Waals surface area contributed by atoms with Crippen LogP contribution in [-0.4, -0.2) is 16.3 Å². The molecule has 1 aromatic carbocycles. The molecule has 0 radical (unpaired) electrons. The molecule has 0 unspecified atom stereocenters. The number of hydrogen-bond acceptors (Lipinski definition) is 3. The van der Waals surface area contributed by atoms with E-state index >= 15 is 0 Å². The topological polar surface area (TPSA) is 55.0 Å². The summed E-state index contributed by atoms with van der Waals surface area (Å²) < 4.78 is 20.2. The van der Waals surface area contributed by atoms with Gasteiger partial charge in [-0.05, 0) is 58.4 Å². The highest BCUT2D eigenvalue weighted by Gasteiger charge is 2.28. The van der Waals surface area contributed by atoms with Crippen LogP contribution in [0.15, 0.2) is 24.4 Å². The number of aromatic nitrogens is 1. The van der Waals surface area contributed by atoms with E-state index in [1.807, 2.05) is 0 Å². The number of fused-ring (bicyclic) bond motifs is 1. The summed E-state index contributed by atoms with van der Waals surface area (Å²) in [4.78, 5) is 12.3. The number of rotatable bonds is 1. The van der Waals surface area contributed by atoms with Crippen LogP contribution >= 0.6 is 0 Å². The van der Waals surface area contributed by atoms with E-state index in [1.165, 1.54) is 16.7 Å². The Balaban J connectivity index is 2.68. The molecule has 0 amide bonds. The fourth-order valence-electron chi connectivity index (χ4n) is 2.22. The number of hydrogen-bond donors (Lipinski definition) is 0. The summed E-state index contributed by atoms with van der Waals surface area (Å²) in [5.41, 5.74) is -0.404. The van der Waals surface area contributed by atoms with Crippen LogP contribution in [-0.2, 0) is 10.2 Å². The average molecular weight is 302 g/mol. The van der Waals surface area contributed by atoms with Crippen molar-refractivity contribution >= 4 is 17.0 Å². The summed E-state index contributed by atoms with van der Waals surface area (Å²) in [6.07, 6.45) is 0.963. The highest BCUT2D eigenvalue weighted by Crippen LogP contribution is 2.32. The van der Waals surface area contributed by atoms with E-state index in [2.05, 4.69) is 6.07 Å². The molecule has 0 spiro atoms. The van der Waals surface area contributed by atoms with Crippen LogP contribution in [0.1, 0.15) is 40.2 Å². The molecular formula is C17H19FN2O2. The SMILES string of the molecule is CC(C)(C)OC(=O)n1cc(C(C)(C)C#N)c2ccc(F)cc21. The first-order valence-electron chi connectivity index (χ1n) is 7.01. The zero-order chi connectivity index (χ0) is 16.7. The second-order valence-electron chi connectivity index (χ2n) is 6.79. The molecule has 0 N–H and O–H groups in total. The highest BCUT2D eigenvalue weighted by atomic mass is 19.1. The van der Waals surface area contributed by atoms with Crippen molar-refractivity contribution in [3.63, 3.8) is 0 Å². The monoisotopic (exact) mass is 302 g/mol. The molecule has 0 atom stereocenters. The lowest BCUT2D eigenvalue weighted by atomic mass is 9.86. The number of benzene rings is 1. The van der Waals surface area contributed by atoms with Gasteiger partial charge in [0.15, 0.2) is 0 Å². The maximum absolute atomic E-state index is 13.6. The number of carbonyl (C=O) groups excluding carboxylic acids is 1. The number of nitrogens with zero attached hydrogens (tertiary/aromatic N) is 2. The summed E-state index contributed by atoms with van der Waals surface area (Å²) in [6.45, 7) is 8.79. The Bertz CT molecular complexity index is 776. The van der Waals surface area contributed by atoms with Gasteiger partial charge < -0.3 is 4.74 Å². The van der Waals surface area contributed by atoms with Gasteiger partial charge in [-0.3, -0.25) is 4.57 Å². The zero-order valence-electron chi connectivity index (χ0n) is 13.4. The predicted octanol–water partition coefficient (Wildman–Crippen LogP) is 4.36. The lowest BCUT2D eigenvalue weighted by molar-refractivity contribution is 0.0544. The van der Waals surface area contributed by atoms with Crippen molar-refractivity contribution in [1.29, 1.82) is 5.26 Å². The summed E-state index contributed by atoms with van der Waals surface area (Å²) in [5.74, 6) is -0.447. The molecule has 5 heteroatoms. The van der Waals surface area contributed by atoms with E-state index in [9.17, 15) is 14.4 Å². The van der Waals surface area contributed by atoms with Crippen molar-refractivity contribution in [1.82, 2.24) is 4.57 Å². The minimum absolute atomic E-state index is 0.396. The van der Waals surface area contributed by atoms with Crippen molar-refractivity contribution in [2.45, 2.75) is 45.6 Å². The fraction of sp³-hybridized carbons (Fsp3) is 0.412. The molecular weight excluding hydrogens is 283 g/mol. The molecule has 2 aromatic rings. The van der Waals surface area contributed by atoms with Crippen molar-refractivity contribution in [3.8, 4) is 6.07 Å². The molecule has 0 saturated carbocycles. The molecule has 1 heterocycles. The second-order valence-corrected chi connectivity index (χ2v) is 6.79. The highest BCUT2D eigenvalue weighted by molar-refractivity contribution is 5.93. The van der Waals surface area contributed by atoms with Gasteiger partial charge in [0.25, 0.3) is 0 Å². The summed E-state index contributed by atoms with van der Waals surface area (Å²) >= 11 is 0. The van der Waals surface area contributed by atoms with Gasteiger partial charge in [0.1, 0.15) is 11.4 Å². The largest absolute Gasteiger partial charge is 0.443 e. The Morgan fingerprint density at radius 1 is 1.27 bits per heavy atom. The molecule has 0 aliphatic carbocycles. The van der Waals surface area contributed by atoms with E-state index in [-0.39, 0.29) is 0 Å². The number of halogens is 1. The first-order chi connectivity index (χ1) is 10.0. The second kappa shape index (κ2) is 5.13. The molecule has 22 heavy (non-hydrogen) atoms. The van der Waals surface area contributed by atoms with Crippen molar-refractivity contribution < 1.29 is 13.9 Å². The fourth-order valence-corrected chi connectivity index (χ4v) is 2.22. The van der Waals surface area contributed by atoms with Crippen LogP contribution in [0.3, 0.4) is 0 Å². The van der Waals surface area contributed by atoms with Crippen LogP contribution in [0.2, 0.25) is 0 Å². The van der Waals surface area contributed by atoms with Gasteiger partial charge in [0.05, 0.1) is 17.0 Å². The van der Waals surface area contributed by atoms with E-state index in [1.54, 1.807) is 46.9 Å². The molecule has 116 valence electrons. The Morgan fingerprint density at radius 3 is 2.45 bits per heavy atom. The zero-order valence-corrected chi connectivity index (χ0v) is 13.4. The third-order valence-electron chi connectivity index (χ3n) is 3.31. The molecule has 1 aromatic heterocycles. The Hall–Kier alpha value is -2.35. The predicted molar refractivity (Wildman–Crippen MR) is 82.2 cm³/mol. The van der Waals surface area contributed by atoms with Gasteiger partial charge in [-0.25, -0.2) is 9.18 Å². The smallest absolute Gasteiger partial charge is 0.419 e. The summed E-state index contributed by atoms with van der Waals surface area (Å²) in [7, 11) is 0. The van der Waals surface area contributed by atoms with Crippen molar-refractivity contribution in [3.05, 3.63) is 35.8 Å². The van der Waals surface area contributed by atoms with Gasteiger partial charge in [-0.2, -0.15) is 5.26 Å².